The van der Waals surface area contributed by atoms with E-state index in [1.165, 1.54) is 0 Å². The lowest BCUT2D eigenvalue weighted by Gasteiger charge is -1.99. The molecule has 5 heteroatoms. The smallest absolute Gasteiger partial charge is 0.307 e. The van der Waals surface area contributed by atoms with E-state index in [9.17, 15) is 4.79 Å². The Hall–Kier alpha value is -2.53. The maximum Gasteiger partial charge on any atom is 0.307 e. The van der Waals surface area contributed by atoms with Crippen LogP contribution in [0.15, 0.2) is 58.8 Å². The van der Waals surface area contributed by atoms with Gasteiger partial charge in [0, 0.05) is 6.54 Å². The molecule has 0 saturated carbocycles. The number of azo groups is 1. The summed E-state index contributed by atoms with van der Waals surface area (Å²) in [5, 5.41) is 17.0. The van der Waals surface area contributed by atoms with Gasteiger partial charge in [-0.05, 0) is 35.4 Å². The van der Waals surface area contributed by atoms with E-state index in [1.807, 2.05) is 24.3 Å². The van der Waals surface area contributed by atoms with Crippen LogP contribution in [0, 0.1) is 0 Å². The number of nitrogens with two attached hydrogens (primary N) is 1. The summed E-state index contributed by atoms with van der Waals surface area (Å²) in [6.45, 7) is 0.456. The number of carboxylic acids is 1. The van der Waals surface area contributed by atoms with Gasteiger partial charge < -0.3 is 10.8 Å². The van der Waals surface area contributed by atoms with Gasteiger partial charge in [0.15, 0.2) is 0 Å². The molecule has 0 saturated heterocycles. The third-order valence-corrected chi connectivity index (χ3v) is 2.69. The second kappa shape index (κ2) is 6.58. The van der Waals surface area contributed by atoms with Gasteiger partial charge in [-0.25, -0.2) is 0 Å². The Morgan fingerprint density at radius 3 is 2.10 bits per heavy atom. The zero-order valence-electron chi connectivity index (χ0n) is 10.9. The summed E-state index contributed by atoms with van der Waals surface area (Å²) in [6, 6.07) is 14.5. The third kappa shape index (κ3) is 4.00. The van der Waals surface area contributed by atoms with Crippen molar-refractivity contribution >= 4 is 17.3 Å². The minimum atomic E-state index is -0.866. The van der Waals surface area contributed by atoms with Crippen LogP contribution < -0.4 is 5.73 Å². The van der Waals surface area contributed by atoms with Crippen LogP contribution in [0.5, 0.6) is 0 Å². The minimum absolute atomic E-state index is 0.0218. The Labute approximate surface area is 116 Å². The molecule has 2 aromatic rings. The molecule has 0 unspecified atom stereocenters. The molecule has 0 spiro atoms. The van der Waals surface area contributed by atoms with Gasteiger partial charge >= 0.3 is 5.97 Å². The van der Waals surface area contributed by atoms with E-state index in [0.717, 1.165) is 11.3 Å². The van der Waals surface area contributed by atoms with Crippen molar-refractivity contribution in [3.8, 4) is 0 Å². The molecule has 0 aliphatic heterocycles. The average molecular weight is 269 g/mol. The maximum absolute atomic E-state index is 10.7. The summed E-state index contributed by atoms with van der Waals surface area (Å²) < 4.78 is 0. The van der Waals surface area contributed by atoms with Crippen LogP contribution in [-0.2, 0) is 17.8 Å². The van der Waals surface area contributed by atoms with Crippen LogP contribution in [0.4, 0.5) is 11.4 Å². The lowest BCUT2D eigenvalue weighted by molar-refractivity contribution is -0.136. The number of aliphatic carboxylic acids is 1. The Morgan fingerprint density at radius 2 is 1.55 bits per heavy atom. The van der Waals surface area contributed by atoms with Crippen molar-refractivity contribution in [1.82, 2.24) is 0 Å². The van der Waals surface area contributed by atoms with Crippen LogP contribution >= 0.6 is 0 Å². The highest BCUT2D eigenvalue weighted by atomic mass is 16.4. The first kappa shape index (κ1) is 13.9. The number of rotatable bonds is 5. The predicted octanol–water partition coefficient (Wildman–Crippen LogP) is 3.19. The average Bonchev–Trinajstić information content (AvgIpc) is 2.45. The molecule has 0 heterocycles. The number of nitrogens with zero attached hydrogens (tertiary/aromatic N) is 2. The summed E-state index contributed by atoms with van der Waals surface area (Å²) in [6.07, 6.45) is -0.0218. The molecule has 0 bridgehead atoms. The third-order valence-electron chi connectivity index (χ3n) is 2.69. The Morgan fingerprint density at radius 1 is 1.00 bits per heavy atom. The van der Waals surface area contributed by atoms with Crippen molar-refractivity contribution in [3.05, 3.63) is 59.7 Å². The first-order valence-corrected chi connectivity index (χ1v) is 6.19. The van der Waals surface area contributed by atoms with E-state index < -0.39 is 5.97 Å². The van der Waals surface area contributed by atoms with Gasteiger partial charge in [0.1, 0.15) is 0 Å². The molecule has 0 aliphatic rings. The number of hydrogen-bond acceptors (Lipinski definition) is 4. The number of carboxylic acid groups (broad SMARTS) is 1. The molecular weight excluding hydrogens is 254 g/mol. The van der Waals surface area contributed by atoms with Gasteiger partial charge in [-0.15, -0.1) is 0 Å². The largest absolute Gasteiger partial charge is 0.481 e. The van der Waals surface area contributed by atoms with E-state index in [1.54, 1.807) is 24.3 Å². The van der Waals surface area contributed by atoms with E-state index in [4.69, 9.17) is 10.8 Å². The Balaban J connectivity index is 2.16. The highest BCUT2D eigenvalue weighted by Crippen LogP contribution is 2.20. The first-order valence-electron chi connectivity index (χ1n) is 6.19. The predicted molar refractivity (Wildman–Crippen MR) is 76.3 cm³/mol. The lowest BCUT2D eigenvalue weighted by Crippen LogP contribution is -1.99. The van der Waals surface area contributed by atoms with Gasteiger partial charge in [-0.1, -0.05) is 24.3 Å². The van der Waals surface area contributed by atoms with E-state index in [0.29, 0.717) is 17.8 Å². The van der Waals surface area contributed by atoms with Crippen molar-refractivity contribution in [1.29, 1.82) is 0 Å². The summed E-state index contributed by atoms with van der Waals surface area (Å²) >= 11 is 0. The molecule has 20 heavy (non-hydrogen) atoms. The maximum atomic E-state index is 10.7. The summed E-state index contributed by atoms with van der Waals surface area (Å²) in [7, 11) is 0. The first-order chi connectivity index (χ1) is 9.67. The van der Waals surface area contributed by atoms with Crippen LogP contribution in [0.2, 0.25) is 0 Å². The topological polar surface area (TPSA) is 88.0 Å². The van der Waals surface area contributed by atoms with Crippen LogP contribution in [0.25, 0.3) is 0 Å². The molecule has 2 aromatic carbocycles. The fraction of sp³-hybridized carbons (Fsp3) is 0.133. The van der Waals surface area contributed by atoms with Gasteiger partial charge in [0.2, 0.25) is 0 Å². The molecule has 0 aliphatic carbocycles. The van der Waals surface area contributed by atoms with Gasteiger partial charge in [-0.3, -0.25) is 4.79 Å². The second-order valence-electron chi connectivity index (χ2n) is 4.31. The van der Waals surface area contributed by atoms with Gasteiger partial charge in [0.05, 0.1) is 17.8 Å². The molecule has 0 amide bonds. The standard InChI is InChI=1S/C15H15N3O2/c16-10-12-4-2-6-14(8-12)18-17-13-5-1-3-11(7-13)9-15(19)20/h1-8H,9-10,16H2,(H,19,20). The highest BCUT2D eigenvalue weighted by molar-refractivity contribution is 5.70. The quantitative estimate of drug-likeness (QED) is 0.817. The van der Waals surface area contributed by atoms with Crippen LogP contribution in [0.3, 0.4) is 0 Å². The van der Waals surface area contributed by atoms with Gasteiger partial charge in [-0.2, -0.15) is 10.2 Å². The van der Waals surface area contributed by atoms with Crippen molar-refractivity contribution in [3.63, 3.8) is 0 Å². The lowest BCUT2D eigenvalue weighted by atomic mass is 10.1. The normalized spacial score (nSPS) is 10.8. The number of hydrogen-bond donors (Lipinski definition) is 2. The van der Waals surface area contributed by atoms with Gasteiger partial charge in [0.25, 0.3) is 0 Å². The number of benzene rings is 2. The van der Waals surface area contributed by atoms with Crippen LogP contribution in [0.1, 0.15) is 11.1 Å². The molecule has 2 rings (SSSR count). The molecule has 3 N–H and O–H groups in total. The molecular formula is C15H15N3O2. The molecule has 0 radical (unpaired) electrons. The van der Waals surface area contributed by atoms with E-state index in [2.05, 4.69) is 10.2 Å². The van der Waals surface area contributed by atoms with E-state index >= 15 is 0 Å². The molecule has 102 valence electrons. The molecule has 5 nitrogen and oxygen atoms in total. The van der Waals surface area contributed by atoms with Crippen molar-refractivity contribution in [2.75, 3.05) is 0 Å². The SMILES string of the molecule is NCc1cccc(N=Nc2cccc(CC(=O)O)c2)c1. The van der Waals surface area contributed by atoms with Crippen molar-refractivity contribution in [2.45, 2.75) is 13.0 Å². The minimum Gasteiger partial charge on any atom is -0.481 e. The Bertz CT molecular complexity index is 639. The molecule has 0 aromatic heterocycles. The summed E-state index contributed by atoms with van der Waals surface area (Å²) in [5.41, 5.74) is 8.60. The zero-order valence-corrected chi connectivity index (χ0v) is 10.9. The molecule has 0 atom stereocenters. The molecule has 0 fully saturated rings. The summed E-state index contributed by atoms with van der Waals surface area (Å²) in [4.78, 5) is 10.7. The monoisotopic (exact) mass is 269 g/mol. The number of carbonyl (C=O) groups is 1. The van der Waals surface area contributed by atoms with Crippen LogP contribution in [-0.4, -0.2) is 11.1 Å². The van der Waals surface area contributed by atoms with Crippen molar-refractivity contribution < 1.29 is 9.90 Å². The fourth-order valence-corrected chi connectivity index (χ4v) is 1.76. The second-order valence-corrected chi connectivity index (χ2v) is 4.31. The zero-order chi connectivity index (χ0) is 14.4. The highest BCUT2D eigenvalue weighted by Gasteiger charge is 2.01. The summed E-state index contributed by atoms with van der Waals surface area (Å²) in [5.74, 6) is -0.866. The Kier molecular flexibility index (Phi) is 4.57. The van der Waals surface area contributed by atoms with Crippen molar-refractivity contribution in [2.24, 2.45) is 16.0 Å². The fourth-order valence-electron chi connectivity index (χ4n) is 1.76. The van der Waals surface area contributed by atoms with E-state index in [-0.39, 0.29) is 6.42 Å².